The quantitative estimate of drug-likeness (QED) is 0.0248. The summed E-state index contributed by atoms with van der Waals surface area (Å²) in [5.74, 6) is -0.456. The molecule has 11 heteroatoms. The molecule has 11 nitrogen and oxygen atoms in total. The maximum atomic E-state index is 12.8. The van der Waals surface area contributed by atoms with Gasteiger partial charge in [0.2, 0.25) is 0 Å². The number of carbonyl (C=O) groups is 1. The molecule has 0 spiro atoms. The number of methoxy groups -OCH3 is 2. The molecule has 2 aromatic rings. The average molecular weight is 569 g/mol. The van der Waals surface area contributed by atoms with E-state index in [-0.39, 0.29) is 18.2 Å². The number of nitrogens with zero attached hydrogens (tertiary/aromatic N) is 4. The lowest BCUT2D eigenvalue weighted by Gasteiger charge is -2.22. The Morgan fingerprint density at radius 1 is 1.02 bits per heavy atom. The fourth-order valence-electron chi connectivity index (χ4n) is 4.18. The van der Waals surface area contributed by atoms with E-state index < -0.39 is 29.3 Å². The molecular formula is C30H40N4O7. The van der Waals surface area contributed by atoms with Gasteiger partial charge in [0.15, 0.2) is 6.29 Å². The van der Waals surface area contributed by atoms with Gasteiger partial charge in [-0.25, -0.2) is 0 Å². The van der Waals surface area contributed by atoms with Crippen LogP contribution in [0.1, 0.15) is 56.6 Å². The number of hydrogen-bond donors (Lipinski definition) is 0. The first kappa shape index (κ1) is 33.4. The molecule has 0 fully saturated rings. The van der Waals surface area contributed by atoms with Crippen LogP contribution in [0.3, 0.4) is 0 Å². The number of benzene rings is 2. The van der Waals surface area contributed by atoms with Crippen molar-refractivity contribution in [3.63, 3.8) is 0 Å². The minimum absolute atomic E-state index is 0.0256. The molecule has 0 saturated carbocycles. The maximum Gasteiger partial charge on any atom is 0.310 e. The van der Waals surface area contributed by atoms with E-state index in [0.29, 0.717) is 44.3 Å². The first-order chi connectivity index (χ1) is 19.8. The van der Waals surface area contributed by atoms with E-state index in [9.17, 15) is 14.9 Å². The van der Waals surface area contributed by atoms with Gasteiger partial charge in [0.25, 0.3) is 5.69 Å². The van der Waals surface area contributed by atoms with Crippen molar-refractivity contribution >= 4 is 11.7 Å². The van der Waals surface area contributed by atoms with Crippen LogP contribution >= 0.6 is 0 Å². The number of non-ortho nitro benzene ring substituents is 1. The number of nitro groups is 1. The van der Waals surface area contributed by atoms with Gasteiger partial charge in [-0.05, 0) is 62.1 Å². The minimum Gasteiger partial charge on any atom is -0.462 e. The third-order valence-corrected chi connectivity index (χ3v) is 6.47. The predicted molar refractivity (Wildman–Crippen MR) is 155 cm³/mol. The lowest BCUT2D eigenvalue weighted by molar-refractivity contribution is -0.384. The Labute approximate surface area is 241 Å². The SMILES string of the molecule is COC(CCC(C[C@H](CC/C=C/C[C@@H](C)OCc1ccccc1)OC(=O)Cc1ccc([N+](=O)[O-])cc1)N=[N+]=[N-])OC. The van der Waals surface area contributed by atoms with Crippen LogP contribution in [0, 0.1) is 10.1 Å². The molecule has 0 aliphatic rings. The highest BCUT2D eigenvalue weighted by Gasteiger charge is 2.21. The van der Waals surface area contributed by atoms with Crippen LogP contribution in [0.2, 0.25) is 0 Å². The van der Waals surface area contributed by atoms with Crippen molar-refractivity contribution in [2.45, 2.75) is 83.0 Å². The van der Waals surface area contributed by atoms with Crippen molar-refractivity contribution in [1.29, 1.82) is 0 Å². The van der Waals surface area contributed by atoms with Gasteiger partial charge in [-0.15, -0.1) is 0 Å². The van der Waals surface area contributed by atoms with Gasteiger partial charge in [0, 0.05) is 37.3 Å². The highest BCUT2D eigenvalue weighted by atomic mass is 16.7. The number of esters is 1. The fraction of sp³-hybridized carbons (Fsp3) is 0.500. The summed E-state index contributed by atoms with van der Waals surface area (Å²) >= 11 is 0. The first-order valence-corrected chi connectivity index (χ1v) is 13.7. The highest BCUT2D eigenvalue weighted by molar-refractivity contribution is 5.72. The molecule has 0 heterocycles. The van der Waals surface area contributed by atoms with Crippen LogP contribution in [0.4, 0.5) is 5.69 Å². The van der Waals surface area contributed by atoms with Crippen LogP contribution in [0.15, 0.2) is 71.9 Å². The molecule has 222 valence electrons. The van der Waals surface area contributed by atoms with Gasteiger partial charge in [-0.2, -0.15) is 0 Å². The van der Waals surface area contributed by atoms with Crippen molar-refractivity contribution in [3.8, 4) is 0 Å². The van der Waals surface area contributed by atoms with Crippen molar-refractivity contribution in [2.75, 3.05) is 14.2 Å². The zero-order valence-corrected chi connectivity index (χ0v) is 24.0. The summed E-state index contributed by atoms with van der Waals surface area (Å²) in [4.78, 5) is 26.2. The predicted octanol–water partition coefficient (Wildman–Crippen LogP) is 6.85. The lowest BCUT2D eigenvalue weighted by atomic mass is 10.0. The number of rotatable bonds is 20. The molecule has 0 radical (unpaired) electrons. The molecule has 2 rings (SSSR count). The highest BCUT2D eigenvalue weighted by Crippen LogP contribution is 2.20. The summed E-state index contributed by atoms with van der Waals surface area (Å²) in [6, 6.07) is 15.4. The molecule has 1 unspecified atom stereocenters. The average Bonchev–Trinajstić information content (AvgIpc) is 2.97. The lowest BCUT2D eigenvalue weighted by Crippen LogP contribution is -2.25. The number of nitro benzene ring substituents is 1. The third kappa shape index (κ3) is 13.9. The van der Waals surface area contributed by atoms with Crippen molar-refractivity contribution in [2.24, 2.45) is 5.11 Å². The summed E-state index contributed by atoms with van der Waals surface area (Å²) in [6.07, 6.45) is 6.49. The van der Waals surface area contributed by atoms with Gasteiger partial charge < -0.3 is 18.9 Å². The topological polar surface area (TPSA) is 146 Å². The minimum atomic E-state index is -0.491. The standard InChI is InChI=1S/C30H40N4O7/c1-23(40-22-25-11-7-5-8-12-25)10-6-4-9-13-28(21-26(32-33-31)16-19-30(38-2)39-3)41-29(35)20-24-14-17-27(18-15-24)34(36)37/h4-8,11-12,14-15,17-18,23,26,28,30H,9-10,13,16,19-22H2,1-3H3/b6-4+/t23-,26?,28+/m1/s1. The Hall–Kier alpha value is -3.76. The van der Waals surface area contributed by atoms with Crippen LogP contribution in [-0.4, -0.2) is 49.7 Å². The summed E-state index contributed by atoms with van der Waals surface area (Å²) < 4.78 is 22.2. The molecule has 2 aromatic carbocycles. The summed E-state index contributed by atoms with van der Waals surface area (Å²) in [5.41, 5.74) is 10.8. The van der Waals surface area contributed by atoms with Gasteiger partial charge in [-0.3, -0.25) is 14.9 Å². The van der Waals surface area contributed by atoms with E-state index in [1.165, 1.54) is 24.3 Å². The Morgan fingerprint density at radius 2 is 1.73 bits per heavy atom. The van der Waals surface area contributed by atoms with Gasteiger partial charge in [0.05, 0.1) is 24.1 Å². The van der Waals surface area contributed by atoms with Crippen LogP contribution in [0.25, 0.3) is 10.4 Å². The molecule has 41 heavy (non-hydrogen) atoms. The van der Waals surface area contributed by atoms with Crippen LogP contribution in [0.5, 0.6) is 0 Å². The molecule has 0 aromatic heterocycles. The van der Waals surface area contributed by atoms with E-state index in [4.69, 9.17) is 24.5 Å². The van der Waals surface area contributed by atoms with E-state index in [0.717, 1.165) is 12.0 Å². The smallest absolute Gasteiger partial charge is 0.310 e. The molecule has 0 amide bonds. The Bertz CT molecular complexity index is 1120. The normalized spacial score (nSPS) is 13.5. The number of allylic oxidation sites excluding steroid dienone is 1. The molecule has 0 aliphatic heterocycles. The number of carbonyl (C=O) groups excluding carboxylic acids is 1. The number of azide groups is 1. The number of ether oxygens (including phenoxy) is 4. The van der Waals surface area contributed by atoms with Crippen LogP contribution in [-0.2, 0) is 36.8 Å². The van der Waals surface area contributed by atoms with Gasteiger partial charge >= 0.3 is 5.97 Å². The third-order valence-electron chi connectivity index (χ3n) is 6.47. The molecule has 0 N–H and O–H groups in total. The summed E-state index contributed by atoms with van der Waals surface area (Å²) in [5, 5.41) is 14.8. The molecule has 0 aliphatic carbocycles. The van der Waals surface area contributed by atoms with Gasteiger partial charge in [-0.1, -0.05) is 59.7 Å². The largest absolute Gasteiger partial charge is 0.462 e. The van der Waals surface area contributed by atoms with E-state index >= 15 is 0 Å². The van der Waals surface area contributed by atoms with Crippen molar-refractivity contribution < 1.29 is 28.7 Å². The maximum absolute atomic E-state index is 12.8. The van der Waals surface area contributed by atoms with Crippen LogP contribution < -0.4 is 0 Å². The van der Waals surface area contributed by atoms with E-state index in [1.54, 1.807) is 14.2 Å². The Kier molecular flexibility index (Phi) is 15.8. The molecule has 0 saturated heterocycles. The fourth-order valence-corrected chi connectivity index (χ4v) is 4.18. The second-order valence-electron chi connectivity index (χ2n) is 9.68. The Morgan fingerprint density at radius 3 is 2.37 bits per heavy atom. The van der Waals surface area contributed by atoms with Crippen molar-refractivity contribution in [3.05, 3.63) is 98.4 Å². The van der Waals surface area contributed by atoms with Crippen molar-refractivity contribution in [1.82, 2.24) is 0 Å². The summed E-state index contributed by atoms with van der Waals surface area (Å²) in [7, 11) is 3.08. The van der Waals surface area contributed by atoms with E-state index in [2.05, 4.69) is 16.1 Å². The van der Waals surface area contributed by atoms with E-state index in [1.807, 2.05) is 43.3 Å². The summed E-state index contributed by atoms with van der Waals surface area (Å²) in [6.45, 7) is 2.57. The zero-order chi connectivity index (χ0) is 29.9. The monoisotopic (exact) mass is 568 g/mol. The molecule has 0 bridgehead atoms. The second kappa shape index (κ2) is 19.3. The Balaban J connectivity index is 1.95. The van der Waals surface area contributed by atoms with Gasteiger partial charge in [0.1, 0.15) is 6.10 Å². The number of hydrogen-bond acceptors (Lipinski definition) is 8. The second-order valence-corrected chi connectivity index (χ2v) is 9.68. The molecule has 3 atom stereocenters. The molecular weight excluding hydrogens is 528 g/mol. The first-order valence-electron chi connectivity index (χ1n) is 13.7. The zero-order valence-electron chi connectivity index (χ0n) is 24.0.